The van der Waals surface area contributed by atoms with Gasteiger partial charge in [-0.3, -0.25) is 0 Å². The first-order valence-corrected chi connectivity index (χ1v) is 9.49. The predicted octanol–water partition coefficient (Wildman–Crippen LogP) is 4.43. The van der Waals surface area contributed by atoms with Crippen LogP contribution in [0.25, 0.3) is 0 Å². The molecule has 0 fully saturated rings. The molecule has 2 aromatic rings. The molecule has 0 saturated heterocycles. The van der Waals surface area contributed by atoms with Crippen molar-refractivity contribution in [1.82, 2.24) is 5.32 Å². The molecule has 26 heavy (non-hydrogen) atoms. The van der Waals surface area contributed by atoms with Crippen LogP contribution in [0.1, 0.15) is 30.4 Å². The highest BCUT2D eigenvalue weighted by Crippen LogP contribution is 2.36. The van der Waals surface area contributed by atoms with Gasteiger partial charge in [0.15, 0.2) is 11.5 Å². The van der Waals surface area contributed by atoms with Gasteiger partial charge in [-0.05, 0) is 44.0 Å². The minimum absolute atomic E-state index is 0.128. The summed E-state index contributed by atoms with van der Waals surface area (Å²) in [6.45, 7) is 1.80. The van der Waals surface area contributed by atoms with Crippen LogP contribution in [0.4, 0.5) is 4.39 Å². The highest BCUT2D eigenvalue weighted by molar-refractivity contribution is 9.10. The summed E-state index contributed by atoms with van der Waals surface area (Å²) in [5, 5.41) is 12.2. The monoisotopic (exact) mass is 425 g/mol. The van der Waals surface area contributed by atoms with Gasteiger partial charge in [0.1, 0.15) is 12.4 Å². The third-order valence-electron chi connectivity index (χ3n) is 4.03. The Bertz CT molecular complexity index is 697. The van der Waals surface area contributed by atoms with E-state index in [9.17, 15) is 4.39 Å². The number of aliphatic hydroxyl groups excluding tert-OH is 1. The first-order chi connectivity index (χ1) is 12.7. The van der Waals surface area contributed by atoms with Crippen molar-refractivity contribution in [2.45, 2.75) is 32.4 Å². The third kappa shape index (κ3) is 5.97. The quantitative estimate of drug-likeness (QED) is 0.522. The van der Waals surface area contributed by atoms with Crippen LogP contribution in [0, 0.1) is 5.82 Å². The molecule has 6 heteroatoms. The fourth-order valence-corrected chi connectivity index (χ4v) is 3.04. The lowest BCUT2D eigenvalue weighted by Gasteiger charge is -2.17. The molecule has 2 aromatic carbocycles. The summed E-state index contributed by atoms with van der Waals surface area (Å²) in [5.41, 5.74) is 1.43. The lowest BCUT2D eigenvalue weighted by atomic mass is 10.1. The molecule has 0 unspecified atom stereocenters. The zero-order chi connectivity index (χ0) is 18.8. The number of hydrogen-bond donors (Lipinski definition) is 2. The van der Waals surface area contributed by atoms with Crippen molar-refractivity contribution >= 4 is 15.9 Å². The maximum atomic E-state index is 13.9. The third-order valence-corrected chi connectivity index (χ3v) is 4.77. The lowest BCUT2D eigenvalue weighted by molar-refractivity contribution is 0.275. The van der Waals surface area contributed by atoms with Gasteiger partial charge >= 0.3 is 0 Å². The van der Waals surface area contributed by atoms with E-state index in [1.54, 1.807) is 25.3 Å². The van der Waals surface area contributed by atoms with Gasteiger partial charge in [0.05, 0.1) is 7.11 Å². The Morgan fingerprint density at radius 3 is 2.65 bits per heavy atom. The number of nitrogens with one attached hydrogen (secondary N) is 1. The summed E-state index contributed by atoms with van der Waals surface area (Å²) in [5.74, 6) is 0.930. The zero-order valence-corrected chi connectivity index (χ0v) is 16.5. The van der Waals surface area contributed by atoms with Crippen molar-refractivity contribution in [1.29, 1.82) is 0 Å². The number of unbranched alkanes of at least 4 members (excludes halogenated alkanes) is 2. The summed E-state index contributed by atoms with van der Waals surface area (Å²) in [6.07, 6.45) is 2.80. The van der Waals surface area contributed by atoms with E-state index in [0.717, 1.165) is 35.8 Å². The molecule has 0 heterocycles. The van der Waals surface area contributed by atoms with Gasteiger partial charge in [0.25, 0.3) is 0 Å². The van der Waals surface area contributed by atoms with E-state index in [0.29, 0.717) is 23.6 Å². The van der Waals surface area contributed by atoms with Gasteiger partial charge < -0.3 is 19.9 Å². The molecule has 0 bridgehead atoms. The van der Waals surface area contributed by atoms with Crippen LogP contribution < -0.4 is 14.8 Å². The van der Waals surface area contributed by atoms with Gasteiger partial charge in [-0.2, -0.15) is 0 Å². The highest BCUT2D eigenvalue weighted by Gasteiger charge is 2.15. The van der Waals surface area contributed by atoms with Gasteiger partial charge in [-0.25, -0.2) is 4.39 Å². The second-order valence-electron chi connectivity index (χ2n) is 5.90. The largest absolute Gasteiger partial charge is 0.493 e. The molecule has 0 atom stereocenters. The van der Waals surface area contributed by atoms with Crippen LogP contribution in [-0.2, 0) is 13.2 Å². The Kier molecular flexibility index (Phi) is 8.88. The van der Waals surface area contributed by atoms with Gasteiger partial charge in [-0.15, -0.1) is 0 Å². The SMILES string of the molecule is COc1ccc(Br)c(CNCCCCCO)c1OCc1ccccc1F. The fourth-order valence-electron chi connectivity index (χ4n) is 2.58. The van der Waals surface area contributed by atoms with Gasteiger partial charge in [0, 0.05) is 28.8 Å². The molecule has 0 aliphatic rings. The van der Waals surface area contributed by atoms with E-state index in [-0.39, 0.29) is 19.0 Å². The van der Waals surface area contributed by atoms with E-state index >= 15 is 0 Å². The molecule has 0 aliphatic heterocycles. The molecule has 0 spiro atoms. The van der Waals surface area contributed by atoms with E-state index < -0.39 is 0 Å². The Hall–Kier alpha value is -1.63. The minimum Gasteiger partial charge on any atom is -0.493 e. The van der Waals surface area contributed by atoms with E-state index in [1.807, 2.05) is 12.1 Å². The van der Waals surface area contributed by atoms with Crippen molar-refractivity contribution < 1.29 is 19.0 Å². The first kappa shape index (κ1) is 20.7. The summed E-state index contributed by atoms with van der Waals surface area (Å²) >= 11 is 3.56. The number of benzene rings is 2. The van der Waals surface area contributed by atoms with Crippen molar-refractivity contribution in [3.05, 3.63) is 57.8 Å². The van der Waals surface area contributed by atoms with Crippen LogP contribution in [0.2, 0.25) is 0 Å². The van der Waals surface area contributed by atoms with E-state index in [2.05, 4.69) is 21.2 Å². The van der Waals surface area contributed by atoms with E-state index in [1.165, 1.54) is 6.07 Å². The zero-order valence-electron chi connectivity index (χ0n) is 14.9. The molecule has 142 valence electrons. The minimum atomic E-state index is -0.287. The van der Waals surface area contributed by atoms with Gasteiger partial charge in [-0.1, -0.05) is 34.1 Å². The maximum Gasteiger partial charge on any atom is 0.167 e. The first-order valence-electron chi connectivity index (χ1n) is 8.70. The summed E-state index contributed by atoms with van der Waals surface area (Å²) in [6, 6.07) is 10.3. The number of hydrogen-bond acceptors (Lipinski definition) is 4. The Morgan fingerprint density at radius 1 is 1.12 bits per heavy atom. The Morgan fingerprint density at radius 2 is 1.92 bits per heavy atom. The highest BCUT2D eigenvalue weighted by atomic mass is 79.9. The van der Waals surface area contributed by atoms with Crippen molar-refractivity contribution in [2.24, 2.45) is 0 Å². The molecule has 0 radical (unpaired) electrons. The molecule has 0 amide bonds. The summed E-state index contributed by atoms with van der Waals surface area (Å²) in [7, 11) is 1.59. The van der Waals surface area contributed by atoms with Crippen molar-refractivity contribution in [3.63, 3.8) is 0 Å². The van der Waals surface area contributed by atoms with Crippen LogP contribution in [0.5, 0.6) is 11.5 Å². The molecule has 0 aliphatic carbocycles. The number of rotatable bonds is 11. The molecular weight excluding hydrogens is 401 g/mol. The number of aliphatic hydroxyl groups is 1. The fraction of sp³-hybridized carbons (Fsp3) is 0.400. The Balaban J connectivity index is 2.07. The molecular formula is C20H25BrFNO3. The van der Waals surface area contributed by atoms with E-state index in [4.69, 9.17) is 14.6 Å². The number of methoxy groups -OCH3 is 1. The smallest absolute Gasteiger partial charge is 0.167 e. The van der Waals surface area contributed by atoms with Crippen LogP contribution in [0.3, 0.4) is 0 Å². The average molecular weight is 426 g/mol. The summed E-state index contributed by atoms with van der Waals surface area (Å²) in [4.78, 5) is 0. The molecule has 2 rings (SSSR count). The Labute approximate surface area is 162 Å². The standard InChI is InChI=1S/C20H25BrFNO3/c1-25-19-10-9-17(21)16(13-23-11-5-2-6-12-24)20(19)26-14-15-7-3-4-8-18(15)22/h3-4,7-10,23-24H,2,5-6,11-14H2,1H3. The van der Waals surface area contributed by atoms with Crippen LogP contribution in [0.15, 0.2) is 40.9 Å². The second-order valence-corrected chi connectivity index (χ2v) is 6.75. The van der Waals surface area contributed by atoms with Gasteiger partial charge in [0.2, 0.25) is 0 Å². The maximum absolute atomic E-state index is 13.9. The predicted molar refractivity (Wildman–Crippen MR) is 104 cm³/mol. The number of ether oxygens (including phenoxy) is 2. The molecule has 2 N–H and O–H groups in total. The molecule has 0 aromatic heterocycles. The van der Waals surface area contributed by atoms with Crippen molar-refractivity contribution in [2.75, 3.05) is 20.3 Å². The average Bonchev–Trinajstić information content (AvgIpc) is 2.65. The molecule has 0 saturated carbocycles. The normalized spacial score (nSPS) is 10.8. The summed E-state index contributed by atoms with van der Waals surface area (Å²) < 4.78 is 26.1. The topological polar surface area (TPSA) is 50.7 Å². The number of halogens is 2. The van der Waals surface area contributed by atoms with Crippen LogP contribution in [-0.4, -0.2) is 25.4 Å². The lowest BCUT2D eigenvalue weighted by Crippen LogP contribution is -2.16. The van der Waals surface area contributed by atoms with Crippen molar-refractivity contribution in [3.8, 4) is 11.5 Å². The second kappa shape index (κ2) is 11.2. The van der Waals surface area contributed by atoms with Crippen LogP contribution >= 0.6 is 15.9 Å². The molecule has 4 nitrogen and oxygen atoms in total.